The number of fused-ring (bicyclic) bond motifs is 3. The van der Waals surface area contributed by atoms with Crippen LogP contribution in [0.5, 0.6) is 0 Å². The number of amides is 1. The SMILES string of the molecule is O=C(Nc1ccc(Nc2ccnc3[nH]c(=O)c4ccccc4c23)cc1)c1ncccc1F. The summed E-state index contributed by atoms with van der Waals surface area (Å²) in [4.78, 5) is 35.5. The van der Waals surface area contributed by atoms with Crippen molar-refractivity contribution in [2.45, 2.75) is 0 Å². The van der Waals surface area contributed by atoms with E-state index in [0.717, 1.165) is 22.1 Å². The molecule has 0 unspecified atom stereocenters. The van der Waals surface area contributed by atoms with E-state index < -0.39 is 11.7 Å². The van der Waals surface area contributed by atoms with Crippen LogP contribution in [0.1, 0.15) is 10.5 Å². The van der Waals surface area contributed by atoms with Crippen molar-refractivity contribution in [3.8, 4) is 0 Å². The minimum atomic E-state index is -0.682. The molecule has 32 heavy (non-hydrogen) atoms. The summed E-state index contributed by atoms with van der Waals surface area (Å²) in [5, 5.41) is 8.13. The highest BCUT2D eigenvalue weighted by Crippen LogP contribution is 2.29. The lowest BCUT2D eigenvalue weighted by Gasteiger charge is -2.12. The van der Waals surface area contributed by atoms with E-state index >= 15 is 0 Å². The van der Waals surface area contributed by atoms with Gasteiger partial charge in [0.05, 0.1) is 5.69 Å². The summed E-state index contributed by atoms with van der Waals surface area (Å²) in [6.07, 6.45) is 2.98. The second kappa shape index (κ2) is 7.92. The quantitative estimate of drug-likeness (QED) is 0.365. The van der Waals surface area contributed by atoms with Gasteiger partial charge in [-0.25, -0.2) is 14.4 Å². The molecule has 1 amide bonds. The minimum absolute atomic E-state index is 0.192. The molecule has 156 valence electrons. The number of hydrogen-bond donors (Lipinski definition) is 3. The fraction of sp³-hybridized carbons (Fsp3) is 0. The van der Waals surface area contributed by atoms with Crippen LogP contribution in [0.4, 0.5) is 21.5 Å². The van der Waals surface area contributed by atoms with Crippen LogP contribution in [0.2, 0.25) is 0 Å². The fourth-order valence-electron chi connectivity index (χ4n) is 3.54. The van der Waals surface area contributed by atoms with Crippen LogP contribution in [-0.2, 0) is 0 Å². The van der Waals surface area contributed by atoms with Gasteiger partial charge in [0.2, 0.25) is 0 Å². The highest BCUT2D eigenvalue weighted by molar-refractivity contribution is 6.11. The maximum Gasteiger partial charge on any atom is 0.277 e. The Morgan fingerprint density at radius 1 is 0.844 bits per heavy atom. The van der Waals surface area contributed by atoms with Gasteiger partial charge >= 0.3 is 0 Å². The van der Waals surface area contributed by atoms with E-state index in [-0.39, 0.29) is 11.3 Å². The molecule has 0 aliphatic carbocycles. The molecule has 3 aromatic heterocycles. The summed E-state index contributed by atoms with van der Waals surface area (Å²) >= 11 is 0. The first-order valence-corrected chi connectivity index (χ1v) is 9.79. The summed E-state index contributed by atoms with van der Waals surface area (Å²) in [6.45, 7) is 0. The lowest BCUT2D eigenvalue weighted by atomic mass is 10.1. The van der Waals surface area contributed by atoms with Gasteiger partial charge in [-0.3, -0.25) is 9.59 Å². The number of nitrogens with zero attached hydrogens (tertiary/aromatic N) is 2. The number of halogens is 1. The van der Waals surface area contributed by atoms with Crippen LogP contribution in [-0.4, -0.2) is 20.9 Å². The Labute approximate surface area is 181 Å². The number of aromatic amines is 1. The van der Waals surface area contributed by atoms with Crippen molar-refractivity contribution in [2.75, 3.05) is 10.6 Å². The van der Waals surface area contributed by atoms with E-state index in [0.29, 0.717) is 16.7 Å². The molecule has 0 aliphatic rings. The Balaban J connectivity index is 1.44. The Hall–Kier alpha value is -4.59. The number of hydrogen-bond acceptors (Lipinski definition) is 5. The van der Waals surface area contributed by atoms with Crippen LogP contribution >= 0.6 is 0 Å². The lowest BCUT2D eigenvalue weighted by molar-refractivity contribution is 0.101. The Bertz CT molecular complexity index is 1530. The van der Waals surface area contributed by atoms with E-state index in [1.807, 2.05) is 24.3 Å². The summed E-state index contributed by atoms with van der Waals surface area (Å²) in [5.74, 6) is -1.31. The van der Waals surface area contributed by atoms with Gasteiger partial charge in [0.25, 0.3) is 11.5 Å². The number of nitrogens with one attached hydrogen (secondary N) is 3. The van der Waals surface area contributed by atoms with Gasteiger partial charge in [-0.15, -0.1) is 0 Å². The monoisotopic (exact) mass is 425 g/mol. The molecule has 7 nitrogen and oxygen atoms in total. The summed E-state index contributed by atoms with van der Waals surface area (Å²) < 4.78 is 13.8. The molecule has 8 heteroatoms. The first kappa shape index (κ1) is 19.4. The normalized spacial score (nSPS) is 10.9. The van der Waals surface area contributed by atoms with Crippen molar-refractivity contribution in [3.05, 3.63) is 101 Å². The smallest absolute Gasteiger partial charge is 0.277 e. The number of aromatic nitrogens is 3. The third-order valence-corrected chi connectivity index (χ3v) is 5.02. The zero-order chi connectivity index (χ0) is 22.1. The molecule has 5 aromatic rings. The largest absolute Gasteiger partial charge is 0.355 e. The third-order valence-electron chi connectivity index (χ3n) is 5.02. The first-order chi connectivity index (χ1) is 15.6. The molecular weight excluding hydrogens is 409 g/mol. The lowest BCUT2D eigenvalue weighted by Crippen LogP contribution is -2.15. The van der Waals surface area contributed by atoms with E-state index in [1.165, 1.54) is 18.3 Å². The average molecular weight is 425 g/mol. The molecule has 3 heterocycles. The number of rotatable bonds is 4. The van der Waals surface area contributed by atoms with E-state index in [2.05, 4.69) is 25.6 Å². The maximum atomic E-state index is 13.8. The molecule has 0 atom stereocenters. The third kappa shape index (κ3) is 3.54. The van der Waals surface area contributed by atoms with Crippen molar-refractivity contribution >= 4 is 44.8 Å². The predicted octanol–water partition coefficient (Wildman–Crippen LogP) is 4.61. The van der Waals surface area contributed by atoms with Crippen LogP contribution in [0, 0.1) is 5.82 Å². The molecule has 0 radical (unpaired) electrons. The summed E-state index contributed by atoms with van der Waals surface area (Å²) in [6, 6.07) is 18.7. The highest BCUT2D eigenvalue weighted by atomic mass is 19.1. The molecule has 0 aliphatic heterocycles. The zero-order valence-electron chi connectivity index (χ0n) is 16.6. The molecule has 5 rings (SSSR count). The van der Waals surface area contributed by atoms with Crippen molar-refractivity contribution in [2.24, 2.45) is 0 Å². The highest BCUT2D eigenvalue weighted by Gasteiger charge is 2.13. The molecule has 0 fully saturated rings. The van der Waals surface area contributed by atoms with Gasteiger partial charge in [-0.1, -0.05) is 18.2 Å². The van der Waals surface area contributed by atoms with E-state index in [1.54, 1.807) is 36.5 Å². The molecular formula is C24H16FN5O2. The van der Waals surface area contributed by atoms with Crippen LogP contribution in [0.15, 0.2) is 83.9 Å². The van der Waals surface area contributed by atoms with Crippen molar-refractivity contribution < 1.29 is 9.18 Å². The molecule has 0 saturated heterocycles. The summed E-state index contributed by atoms with van der Waals surface area (Å²) in [7, 11) is 0. The van der Waals surface area contributed by atoms with Crippen molar-refractivity contribution in [1.29, 1.82) is 0 Å². The van der Waals surface area contributed by atoms with Gasteiger partial charge in [0.15, 0.2) is 11.5 Å². The fourth-order valence-corrected chi connectivity index (χ4v) is 3.54. The van der Waals surface area contributed by atoms with Gasteiger partial charge < -0.3 is 15.6 Å². The molecule has 0 bridgehead atoms. The van der Waals surface area contributed by atoms with Gasteiger partial charge in [-0.05, 0) is 48.5 Å². The van der Waals surface area contributed by atoms with E-state index in [4.69, 9.17) is 0 Å². The number of benzene rings is 2. The second-order valence-electron chi connectivity index (χ2n) is 7.07. The molecule has 2 aromatic carbocycles. The zero-order valence-corrected chi connectivity index (χ0v) is 16.6. The van der Waals surface area contributed by atoms with Crippen molar-refractivity contribution in [3.63, 3.8) is 0 Å². The molecule has 3 N–H and O–H groups in total. The second-order valence-corrected chi connectivity index (χ2v) is 7.07. The van der Waals surface area contributed by atoms with Crippen molar-refractivity contribution in [1.82, 2.24) is 15.0 Å². The molecule has 0 saturated carbocycles. The topological polar surface area (TPSA) is 99.8 Å². The first-order valence-electron chi connectivity index (χ1n) is 9.79. The Morgan fingerprint density at radius 3 is 2.38 bits per heavy atom. The van der Waals surface area contributed by atoms with Gasteiger partial charge in [-0.2, -0.15) is 0 Å². The summed E-state index contributed by atoms with van der Waals surface area (Å²) in [5.41, 5.74) is 2.06. The number of carbonyl (C=O) groups excluding carboxylic acids is 1. The van der Waals surface area contributed by atoms with Crippen LogP contribution in [0.3, 0.4) is 0 Å². The average Bonchev–Trinajstić information content (AvgIpc) is 2.81. The number of carbonyl (C=O) groups is 1. The van der Waals surface area contributed by atoms with Crippen LogP contribution in [0.25, 0.3) is 21.8 Å². The Kier molecular flexibility index (Phi) is 4.79. The predicted molar refractivity (Wildman–Crippen MR) is 122 cm³/mol. The minimum Gasteiger partial charge on any atom is -0.355 e. The number of pyridine rings is 3. The standard InChI is InChI=1S/C24H16FN5O2/c25-18-6-3-12-26-21(18)24(32)29-15-9-7-14(8-10-15)28-19-11-13-27-22-20(19)16-4-1-2-5-17(16)23(31)30-22/h1-13H,(H,29,32)(H2,27,28,30,31). The van der Waals surface area contributed by atoms with E-state index in [9.17, 15) is 14.0 Å². The van der Waals surface area contributed by atoms with Crippen LogP contribution < -0.4 is 16.2 Å². The number of anilines is 3. The maximum absolute atomic E-state index is 13.8. The number of H-pyrrole nitrogens is 1. The van der Waals surface area contributed by atoms with Gasteiger partial charge in [0.1, 0.15) is 5.65 Å². The van der Waals surface area contributed by atoms with Gasteiger partial charge in [0, 0.05) is 39.9 Å². The molecule has 0 spiro atoms. The Morgan fingerprint density at radius 2 is 1.59 bits per heavy atom.